The van der Waals surface area contributed by atoms with E-state index in [1.165, 1.54) is 0 Å². The first-order valence-electron chi connectivity index (χ1n) is 30.3. The zero-order valence-electron chi connectivity index (χ0n) is 49.3. The van der Waals surface area contributed by atoms with Crippen molar-refractivity contribution in [1.82, 2.24) is 39.9 Å². The average molecular weight is 1210 g/mol. The Balaban J connectivity index is 0.00000661. The molecule has 0 atom stereocenters. The van der Waals surface area contributed by atoms with Crippen molar-refractivity contribution in [2.45, 2.75) is 0 Å². The average Bonchev–Trinajstić information content (AvgIpc) is 1.73. The van der Waals surface area contributed by atoms with Gasteiger partial charge >= 0.3 is 19.5 Å². The van der Waals surface area contributed by atoms with Crippen LogP contribution in [0.4, 0.5) is 0 Å². The summed E-state index contributed by atoms with van der Waals surface area (Å²) in [6.45, 7) is 0. The Morgan fingerprint density at radius 3 is 0.780 bits per heavy atom. The van der Waals surface area contributed by atoms with Crippen LogP contribution in [0, 0.1) is 0 Å². The predicted octanol–water partition coefficient (Wildman–Crippen LogP) is 20.2. The van der Waals surface area contributed by atoms with Crippen LogP contribution in [0.5, 0.6) is 0 Å². The second kappa shape index (κ2) is 23.1. The summed E-state index contributed by atoms with van der Waals surface area (Å²) in [6, 6.07) is 88.8. The molecule has 9 heteroatoms. The molecule has 16 bridgehead atoms. The molecular weight excluding hydrogens is 1160 g/mol. The van der Waals surface area contributed by atoms with Gasteiger partial charge in [-0.1, -0.05) is 237 Å². The summed E-state index contributed by atoms with van der Waals surface area (Å²) >= 11 is 0. The second-order valence-electron chi connectivity index (χ2n) is 22.6. The minimum Gasteiger partial charge on any atom is -0.657 e. The Morgan fingerprint density at radius 2 is 0.462 bits per heavy atom. The van der Waals surface area contributed by atoms with Crippen molar-refractivity contribution in [2.75, 3.05) is 0 Å². The predicted molar refractivity (Wildman–Crippen MR) is 373 cm³/mol. The van der Waals surface area contributed by atoms with Crippen LogP contribution in [0.3, 0.4) is 0 Å². The number of nitrogens with zero attached hydrogens (tertiary/aromatic N) is 6. The minimum atomic E-state index is 0. The van der Waals surface area contributed by atoms with Crippen LogP contribution in [0.15, 0.2) is 255 Å². The van der Waals surface area contributed by atoms with Gasteiger partial charge in [0.15, 0.2) is 0 Å². The number of aromatic nitrogens is 8. The van der Waals surface area contributed by atoms with Crippen LogP contribution < -0.4 is 9.97 Å². The van der Waals surface area contributed by atoms with E-state index in [0.717, 1.165) is 179 Å². The number of nitrogens with one attached hydrogen (secondary N) is 2. The van der Waals surface area contributed by atoms with E-state index in [-0.39, 0.29) is 19.5 Å². The molecule has 0 spiro atoms. The molecule has 7 aromatic carbocycles. The summed E-state index contributed by atoms with van der Waals surface area (Å²) in [4.78, 5) is 42.2. The summed E-state index contributed by atoms with van der Waals surface area (Å²) < 4.78 is 0. The van der Waals surface area contributed by atoms with Gasteiger partial charge in [-0.3, -0.25) is 0 Å². The van der Waals surface area contributed by atoms with Gasteiger partial charge in [-0.2, -0.15) is 0 Å². The first-order valence-corrected chi connectivity index (χ1v) is 30.3. The van der Waals surface area contributed by atoms with Crippen molar-refractivity contribution < 1.29 is 19.5 Å². The van der Waals surface area contributed by atoms with Crippen LogP contribution >= 0.6 is 0 Å². The minimum absolute atomic E-state index is 0. The quantitative estimate of drug-likeness (QED) is 0.147. The molecular formula is C82H52N8Zn. The fourth-order valence-electron chi connectivity index (χ4n) is 13.2. The third-order valence-corrected chi connectivity index (χ3v) is 17.2. The first kappa shape index (κ1) is 54.7. The molecule has 4 aliphatic heterocycles. The Labute approximate surface area is 538 Å². The summed E-state index contributed by atoms with van der Waals surface area (Å²) in [5.41, 5.74) is 28.3. The molecule has 10 heterocycles. The van der Waals surface area contributed by atoms with Gasteiger partial charge in [-0.15, -0.1) is 22.1 Å². The fraction of sp³-hybridized carbons (Fsp3) is 0. The van der Waals surface area contributed by atoms with Crippen molar-refractivity contribution in [3.63, 3.8) is 0 Å². The summed E-state index contributed by atoms with van der Waals surface area (Å²) in [7, 11) is 0. The first-order chi connectivity index (χ1) is 44.6. The van der Waals surface area contributed by atoms with Gasteiger partial charge in [0.25, 0.3) is 0 Å². The number of H-pyrrole nitrogens is 2. The zero-order chi connectivity index (χ0) is 59.5. The van der Waals surface area contributed by atoms with E-state index in [1.54, 1.807) is 0 Å². The van der Waals surface area contributed by atoms with E-state index >= 15 is 0 Å². The standard InChI is InChI=1S/C82H52N8.Zn/c1-8-22-51(23-9-1)74-59-37-40-63(84-59)77(54-28-14-4-15-29-54)67-45-48-71(88-67)81(72-49-46-68(89-72)78(55-30-16-5-17-31-55)64-41-38-60(74)85-64)58-50-73-79(56-32-18-6-19-33-56)69-43-42-65(86-69)75(52-24-10-2-11-25-52)61-36-39-62(83-61)76(53-26-12-3-13-27-53)66-44-47-70(87-66)80(82(58)90-73)57-34-20-7-21-35-57;/h1-50,83,90H;/q-2;+2. The van der Waals surface area contributed by atoms with Gasteiger partial charge in [0, 0.05) is 44.4 Å². The molecule has 17 rings (SSSR count). The number of benzene rings is 7. The fourth-order valence-corrected chi connectivity index (χ4v) is 13.2. The number of hydrogen-bond acceptors (Lipinski definition) is 4. The summed E-state index contributed by atoms with van der Waals surface area (Å²) in [5.74, 6) is 0. The summed E-state index contributed by atoms with van der Waals surface area (Å²) in [5, 5.41) is 0. The third kappa shape index (κ3) is 9.85. The van der Waals surface area contributed by atoms with Gasteiger partial charge in [-0.25, -0.2) is 19.9 Å². The van der Waals surface area contributed by atoms with Gasteiger partial charge in [-0.05, 0) is 128 Å². The van der Waals surface area contributed by atoms with E-state index in [0.29, 0.717) is 0 Å². The van der Waals surface area contributed by atoms with E-state index in [4.69, 9.17) is 29.9 Å². The third-order valence-electron chi connectivity index (χ3n) is 17.2. The van der Waals surface area contributed by atoms with Gasteiger partial charge < -0.3 is 19.9 Å². The van der Waals surface area contributed by atoms with Crippen LogP contribution in [-0.2, 0) is 19.5 Å². The number of fused-ring (bicyclic) bond motifs is 16. The molecule has 422 valence electrons. The summed E-state index contributed by atoms with van der Waals surface area (Å²) in [6.07, 6.45) is 17.1. The Bertz CT molecular complexity index is 5450. The van der Waals surface area contributed by atoms with Crippen molar-refractivity contribution in [1.29, 1.82) is 0 Å². The monoisotopic (exact) mass is 1210 g/mol. The molecule has 8 nitrogen and oxygen atoms in total. The van der Waals surface area contributed by atoms with E-state index in [9.17, 15) is 0 Å². The topological polar surface area (TPSA) is 111 Å². The van der Waals surface area contributed by atoms with E-state index < -0.39 is 0 Å². The maximum absolute atomic E-state index is 5.79. The zero-order valence-corrected chi connectivity index (χ0v) is 52.2. The van der Waals surface area contributed by atoms with Crippen molar-refractivity contribution in [3.05, 3.63) is 300 Å². The smallest absolute Gasteiger partial charge is 0.657 e. The van der Waals surface area contributed by atoms with Gasteiger partial charge in [0.1, 0.15) is 0 Å². The van der Waals surface area contributed by atoms with Crippen LogP contribution in [-0.4, -0.2) is 29.9 Å². The molecule has 2 N–H and O–H groups in total. The van der Waals surface area contributed by atoms with Crippen molar-refractivity contribution in [2.24, 2.45) is 0 Å². The maximum Gasteiger partial charge on any atom is 2.00 e. The van der Waals surface area contributed by atoms with E-state index in [2.05, 4.69) is 295 Å². The van der Waals surface area contributed by atoms with Gasteiger partial charge in [0.2, 0.25) is 0 Å². The Kier molecular flexibility index (Phi) is 13.9. The molecule has 0 amide bonds. The van der Waals surface area contributed by atoms with Crippen LogP contribution in [0.1, 0.15) is 45.6 Å². The Hall–Kier alpha value is -11.6. The molecule has 0 unspecified atom stereocenters. The number of hydrogen-bond donors (Lipinski definition) is 2. The molecule has 91 heavy (non-hydrogen) atoms. The molecule has 0 radical (unpaired) electrons. The maximum atomic E-state index is 5.79. The SMILES string of the molecule is C1=Cc2nc1c(-c1ccccc1)c1ccc([n-]1)c(-c1ccccc1)c1nc(c(-c3cc4[nH]c3c(-c3ccccc3)c3nc(c(-c5ccccc5)c5ccc([nH]5)c(-c5ccccc5)c5nc(c4-c4ccccc4)C=C5)C=C3)c3ccc([n-]3)c2-c2ccccc2)C=C1.[Zn+2]. The second-order valence-corrected chi connectivity index (χ2v) is 22.6. The molecule has 0 saturated carbocycles. The molecule has 0 fully saturated rings. The molecule has 0 aliphatic carbocycles. The normalized spacial score (nSPS) is 12.1. The largest absolute Gasteiger partial charge is 2.00 e. The van der Waals surface area contributed by atoms with Crippen LogP contribution in [0.2, 0.25) is 0 Å². The van der Waals surface area contributed by atoms with Crippen molar-refractivity contribution >= 4 is 92.7 Å². The number of aromatic amines is 2. The number of rotatable bonds is 8. The van der Waals surface area contributed by atoms with Crippen molar-refractivity contribution in [3.8, 4) is 89.0 Å². The van der Waals surface area contributed by atoms with Gasteiger partial charge in [0.05, 0.1) is 51.1 Å². The molecule has 4 aliphatic rings. The molecule has 0 saturated heterocycles. The molecule has 13 aromatic rings. The molecule has 6 aromatic heterocycles. The van der Waals surface area contributed by atoms with E-state index in [1.807, 2.05) is 18.2 Å². The van der Waals surface area contributed by atoms with Crippen LogP contribution in [0.25, 0.3) is 182 Å². The Morgan fingerprint density at radius 1 is 0.220 bits per heavy atom.